The van der Waals surface area contributed by atoms with E-state index in [2.05, 4.69) is 205 Å². The molecule has 4 aromatic heterocycles. The number of rotatable bonds is 2. The molecule has 11 rings (SSSR count). The van der Waals surface area contributed by atoms with Crippen LogP contribution in [-0.2, 0) is 0 Å². The molecule has 0 radical (unpaired) electrons. The van der Waals surface area contributed by atoms with Gasteiger partial charge in [-0.05, 0) is 148 Å². The monoisotopic (exact) mass is 804 g/mol. The number of aromatic amines is 4. The van der Waals surface area contributed by atoms with Gasteiger partial charge in [0.1, 0.15) is 0 Å². The molecule has 2 aromatic carbocycles. The molecule has 5 aliphatic rings. The molecule has 0 fully saturated rings. The van der Waals surface area contributed by atoms with Crippen LogP contribution in [0.15, 0.2) is 201 Å². The molecular weight excluding hydrogens is 761 g/mol. The van der Waals surface area contributed by atoms with Crippen molar-refractivity contribution in [3.8, 4) is 22.8 Å². The number of H-pyrrole nitrogens is 4. The molecule has 8 heteroatoms. The molecule has 62 heavy (non-hydrogen) atoms. The third-order valence-electron chi connectivity index (χ3n) is 12.3. The lowest BCUT2D eigenvalue weighted by molar-refractivity contribution is 0.736. The van der Waals surface area contributed by atoms with Gasteiger partial charge in [-0.1, -0.05) is 60.7 Å². The van der Waals surface area contributed by atoms with Crippen molar-refractivity contribution in [3.63, 3.8) is 0 Å². The summed E-state index contributed by atoms with van der Waals surface area (Å²) in [6.07, 6.45) is 21.1. The Labute approximate surface area is 360 Å². The van der Waals surface area contributed by atoms with E-state index in [1.807, 2.05) is 12.1 Å². The maximum Gasteiger partial charge on any atom is 0.0733 e. The molecule has 9 heterocycles. The molecule has 5 aliphatic heterocycles. The lowest BCUT2D eigenvalue weighted by Crippen LogP contribution is -2.30. The summed E-state index contributed by atoms with van der Waals surface area (Å²) in [4.78, 5) is 35.5. The summed E-state index contributed by atoms with van der Waals surface area (Å²) in [5.74, 6) is 0. The molecule has 0 unspecified atom stereocenters. The summed E-state index contributed by atoms with van der Waals surface area (Å²) in [6.45, 7) is 8.77. The third kappa shape index (κ3) is 6.57. The third-order valence-corrected chi connectivity index (χ3v) is 12.3. The van der Waals surface area contributed by atoms with Crippen LogP contribution >= 0.6 is 0 Å². The first-order valence-electron chi connectivity index (χ1n) is 21.1. The molecule has 6 aromatic rings. The second-order valence-corrected chi connectivity index (χ2v) is 17.2. The van der Waals surface area contributed by atoms with Crippen LogP contribution in [-0.4, -0.2) is 42.8 Å². The van der Waals surface area contributed by atoms with E-state index >= 15 is 0 Å². The molecule has 0 saturated carbocycles. The molecule has 0 atom stereocenters. The minimum atomic E-state index is -0.441. The van der Waals surface area contributed by atoms with E-state index in [0.717, 1.165) is 113 Å². The Bertz CT molecular complexity index is 2980. The van der Waals surface area contributed by atoms with Gasteiger partial charge in [0.05, 0.1) is 68.4 Å². The van der Waals surface area contributed by atoms with Crippen molar-refractivity contribution >= 4 is 46.1 Å². The van der Waals surface area contributed by atoms with Crippen LogP contribution in [0, 0.1) is 10.8 Å². The summed E-state index contributed by atoms with van der Waals surface area (Å²) in [5, 5.41) is 0. The number of nitrogens with one attached hydrogen (secondary N) is 4. The first-order valence-corrected chi connectivity index (χ1v) is 21.1. The normalized spacial score (nSPS) is 22.5. The second-order valence-electron chi connectivity index (χ2n) is 17.2. The number of aromatic nitrogens is 4. The average molecular weight is 805 g/mol. The number of hydrogen-bond donors (Lipinski definition) is 4. The van der Waals surface area contributed by atoms with Gasteiger partial charge >= 0.3 is 0 Å². The summed E-state index contributed by atoms with van der Waals surface area (Å²) in [7, 11) is 0. The fraction of sp³-hybridized carbons (Fsp3) is 0.111. The molecular formula is C54H44N8. The minimum absolute atomic E-state index is 0.441. The Morgan fingerprint density at radius 2 is 0.694 bits per heavy atom. The zero-order valence-corrected chi connectivity index (χ0v) is 35.0. The number of nitrogens with zero attached hydrogens (tertiary/aromatic N) is 4. The Hall–Kier alpha value is -7.84. The van der Waals surface area contributed by atoms with Crippen molar-refractivity contribution in [3.05, 3.63) is 214 Å². The van der Waals surface area contributed by atoms with Crippen molar-refractivity contribution in [2.45, 2.75) is 27.7 Å². The van der Waals surface area contributed by atoms with Gasteiger partial charge in [-0.25, -0.2) is 0 Å². The predicted octanol–water partition coefficient (Wildman–Crippen LogP) is 12.3. The van der Waals surface area contributed by atoms with Crippen LogP contribution in [0.4, 0.5) is 0 Å². The summed E-state index contributed by atoms with van der Waals surface area (Å²) in [6, 6.07) is 37.9. The van der Waals surface area contributed by atoms with Crippen molar-refractivity contribution in [1.29, 1.82) is 0 Å². The topological polar surface area (TPSA) is 113 Å². The molecule has 8 nitrogen and oxygen atoms in total. The van der Waals surface area contributed by atoms with Crippen molar-refractivity contribution in [2.24, 2.45) is 30.8 Å². The van der Waals surface area contributed by atoms with Gasteiger partial charge in [-0.2, -0.15) is 0 Å². The number of hydrogen-bond acceptors (Lipinski definition) is 4. The van der Waals surface area contributed by atoms with E-state index < -0.39 is 10.8 Å². The first kappa shape index (κ1) is 37.2. The fourth-order valence-corrected chi connectivity index (χ4v) is 8.69. The average Bonchev–Trinajstić information content (AvgIpc) is 4.13. The highest BCUT2D eigenvalue weighted by Crippen LogP contribution is 2.38. The number of allylic oxidation sites excluding steroid dienone is 8. The maximum atomic E-state index is 5.30. The summed E-state index contributed by atoms with van der Waals surface area (Å²) < 4.78 is 0. The standard InChI is InChI=1S/C54H44N8/c1-53(2)47-27-17-37(57-47)31-35-15-19-39(55-35)42-22-24-44(60-42)52(34-13-9-6-10-14-34)46-26-30-50(62-46)54(3,4)48-28-18-38(58-48)32-36-16-20-40(56-36)41-21-23-43(59-41)51(33-11-7-5-8-12-33)45-25-29-49(53)61-45/h5-32,55-56,59-60H,1-4H3/b37-31-,38-32-,51-45-,52-46-. The minimum Gasteiger partial charge on any atom is -0.354 e. The fourth-order valence-electron chi connectivity index (χ4n) is 8.69. The smallest absolute Gasteiger partial charge is 0.0733 e. The van der Waals surface area contributed by atoms with E-state index in [0.29, 0.717) is 0 Å². The Balaban J connectivity index is 1.03. The van der Waals surface area contributed by atoms with Crippen molar-refractivity contribution in [1.82, 2.24) is 19.9 Å². The first-order chi connectivity index (χ1) is 30.2. The highest BCUT2D eigenvalue weighted by atomic mass is 14.9. The summed E-state index contributed by atoms with van der Waals surface area (Å²) >= 11 is 0. The van der Waals surface area contributed by atoms with E-state index in [1.54, 1.807) is 0 Å². The number of aliphatic imine (C=N–C) groups is 4. The number of fused-ring (bicyclic) bond motifs is 14. The SMILES string of the molecule is CC1(C)C2=N/C(=C\c3ccc([nH]3)-c3ccc([nH]3)/C(c3ccccc3)=C3/C=CC(=N3)C(C)(C)C3=N/C(=C\c4ccc([nH]4)-c4ccc([nH]4)/C(c4ccccc4)=C4/C=CC1=N4)C=C3)C=C2. The van der Waals surface area contributed by atoms with Gasteiger partial charge in [0.2, 0.25) is 0 Å². The quantitative estimate of drug-likeness (QED) is 0.134. The van der Waals surface area contributed by atoms with E-state index in [4.69, 9.17) is 20.0 Å². The van der Waals surface area contributed by atoms with E-state index in [1.165, 1.54) is 0 Å². The molecule has 16 bridgehead atoms. The van der Waals surface area contributed by atoms with E-state index in [9.17, 15) is 0 Å². The van der Waals surface area contributed by atoms with Gasteiger partial charge in [0.25, 0.3) is 0 Å². The summed E-state index contributed by atoms with van der Waals surface area (Å²) in [5.41, 5.74) is 18.6. The largest absolute Gasteiger partial charge is 0.354 e. The van der Waals surface area contributed by atoms with Crippen molar-refractivity contribution < 1.29 is 0 Å². The van der Waals surface area contributed by atoms with Crippen LogP contribution in [0.25, 0.3) is 46.1 Å². The Morgan fingerprint density at radius 3 is 1.13 bits per heavy atom. The van der Waals surface area contributed by atoms with Crippen molar-refractivity contribution in [2.75, 3.05) is 0 Å². The van der Waals surface area contributed by atoms with Crippen LogP contribution in [0.1, 0.15) is 61.6 Å². The van der Waals surface area contributed by atoms with Gasteiger partial charge in [0, 0.05) is 44.8 Å². The molecule has 300 valence electrons. The predicted molar refractivity (Wildman–Crippen MR) is 256 cm³/mol. The lowest BCUT2D eigenvalue weighted by atomic mass is 9.82. The molecule has 0 aliphatic carbocycles. The zero-order chi connectivity index (χ0) is 42.0. The lowest BCUT2D eigenvalue weighted by Gasteiger charge is -2.23. The second kappa shape index (κ2) is 14.4. The van der Waals surface area contributed by atoms with E-state index in [-0.39, 0.29) is 0 Å². The number of benzene rings is 2. The van der Waals surface area contributed by atoms with Gasteiger partial charge < -0.3 is 19.9 Å². The van der Waals surface area contributed by atoms with Crippen LogP contribution in [0.2, 0.25) is 0 Å². The Kier molecular flexibility index (Phi) is 8.65. The molecule has 0 spiro atoms. The highest BCUT2D eigenvalue weighted by molar-refractivity contribution is 6.23. The zero-order valence-electron chi connectivity index (χ0n) is 35.0. The van der Waals surface area contributed by atoms with Crippen LogP contribution in [0.3, 0.4) is 0 Å². The maximum absolute atomic E-state index is 5.30. The molecule has 4 N–H and O–H groups in total. The van der Waals surface area contributed by atoms with Gasteiger partial charge in [0.15, 0.2) is 0 Å². The Morgan fingerprint density at radius 1 is 0.339 bits per heavy atom. The van der Waals surface area contributed by atoms with Gasteiger partial charge in [-0.15, -0.1) is 0 Å². The van der Waals surface area contributed by atoms with Crippen LogP contribution < -0.4 is 0 Å². The highest BCUT2D eigenvalue weighted by Gasteiger charge is 2.34. The molecule has 0 saturated heterocycles. The molecule has 0 amide bonds. The van der Waals surface area contributed by atoms with Crippen LogP contribution in [0.5, 0.6) is 0 Å². The van der Waals surface area contributed by atoms with Gasteiger partial charge in [-0.3, -0.25) is 20.0 Å².